The Hall–Kier alpha value is -3.04. The first-order valence-electron chi connectivity index (χ1n) is 9.68. The van der Waals surface area contributed by atoms with Crippen molar-refractivity contribution in [3.05, 3.63) is 53.1 Å². The first-order chi connectivity index (χ1) is 14.5. The van der Waals surface area contributed by atoms with E-state index < -0.39 is 30.2 Å². The molecule has 1 aromatic carbocycles. The van der Waals surface area contributed by atoms with Crippen molar-refractivity contribution in [3.63, 3.8) is 0 Å². The van der Waals surface area contributed by atoms with E-state index in [2.05, 4.69) is 20.0 Å². The van der Waals surface area contributed by atoms with Crippen LogP contribution in [-0.4, -0.2) is 34.2 Å². The molecule has 3 rings (SSSR count). The third-order valence-corrected chi connectivity index (χ3v) is 4.71. The fraction of sp³-hybridized carbons (Fsp3) is 0.429. The number of hydrogen-bond acceptors (Lipinski definition) is 5. The van der Waals surface area contributed by atoms with Gasteiger partial charge in [-0.3, -0.25) is 9.59 Å². The summed E-state index contributed by atoms with van der Waals surface area (Å²) in [4.78, 5) is 33.0. The van der Waals surface area contributed by atoms with Crippen molar-refractivity contribution < 1.29 is 31.9 Å². The summed E-state index contributed by atoms with van der Waals surface area (Å²) in [7, 11) is 0. The molecule has 1 aromatic heterocycles. The standard InChI is InChI=1S/C21H21F4N3O3/c1-11-8-16(28-18(26-11)10-17(29)13-6-7-13)19(30)27-12(2)14-4-3-5-15(9-14)31-21(24,25)20(22)23/h3-5,8-9,12-13,20H,6-7,10H2,1-2H3,(H,27,30). The average molecular weight is 439 g/mol. The molecule has 6 nitrogen and oxygen atoms in total. The number of nitrogens with one attached hydrogen (secondary N) is 1. The highest BCUT2D eigenvalue weighted by molar-refractivity contribution is 5.93. The molecule has 0 aliphatic heterocycles. The van der Waals surface area contributed by atoms with Crippen LogP contribution in [-0.2, 0) is 11.2 Å². The molecule has 0 bridgehead atoms. The lowest BCUT2D eigenvalue weighted by atomic mass is 10.1. The van der Waals surface area contributed by atoms with E-state index in [0.717, 1.165) is 25.0 Å². The molecule has 166 valence electrons. The first kappa shape index (κ1) is 22.6. The molecule has 2 aromatic rings. The van der Waals surface area contributed by atoms with Gasteiger partial charge in [0.1, 0.15) is 23.1 Å². The van der Waals surface area contributed by atoms with Gasteiger partial charge in [0.05, 0.1) is 12.5 Å². The van der Waals surface area contributed by atoms with Crippen LogP contribution in [0.25, 0.3) is 0 Å². The number of aryl methyl sites for hydroxylation is 1. The summed E-state index contributed by atoms with van der Waals surface area (Å²) in [6, 6.07) is 5.95. The summed E-state index contributed by atoms with van der Waals surface area (Å²) < 4.78 is 55.0. The van der Waals surface area contributed by atoms with E-state index in [4.69, 9.17) is 0 Å². The van der Waals surface area contributed by atoms with Crippen LogP contribution in [0.1, 0.15) is 53.4 Å². The lowest BCUT2D eigenvalue weighted by molar-refractivity contribution is -0.253. The Kier molecular flexibility index (Phi) is 6.56. The lowest BCUT2D eigenvalue weighted by Crippen LogP contribution is -2.33. The first-order valence-corrected chi connectivity index (χ1v) is 9.68. The third-order valence-electron chi connectivity index (χ3n) is 4.71. The molecule has 31 heavy (non-hydrogen) atoms. The van der Waals surface area contributed by atoms with E-state index in [-0.39, 0.29) is 29.6 Å². The van der Waals surface area contributed by atoms with Crippen LogP contribution in [0.4, 0.5) is 17.6 Å². The SMILES string of the molecule is Cc1cc(C(=O)NC(C)c2cccc(OC(F)(F)C(F)F)c2)nc(CC(=O)C2CC2)n1. The van der Waals surface area contributed by atoms with Crippen LogP contribution < -0.4 is 10.1 Å². The topological polar surface area (TPSA) is 81.2 Å². The monoisotopic (exact) mass is 439 g/mol. The Labute approximate surface area is 176 Å². The highest BCUT2D eigenvalue weighted by Crippen LogP contribution is 2.31. The molecule has 1 amide bonds. The molecule has 1 aliphatic rings. The number of aromatic nitrogens is 2. The number of benzene rings is 1. The zero-order chi connectivity index (χ0) is 22.8. The van der Waals surface area contributed by atoms with Gasteiger partial charge in [0.15, 0.2) is 0 Å². The molecular formula is C21H21F4N3O3. The summed E-state index contributed by atoms with van der Waals surface area (Å²) >= 11 is 0. The van der Waals surface area contributed by atoms with E-state index >= 15 is 0 Å². The van der Waals surface area contributed by atoms with E-state index in [9.17, 15) is 27.2 Å². The fourth-order valence-corrected chi connectivity index (χ4v) is 2.93. The molecule has 1 N–H and O–H groups in total. The van der Waals surface area contributed by atoms with Gasteiger partial charge >= 0.3 is 12.5 Å². The second-order valence-corrected chi connectivity index (χ2v) is 7.46. The Bertz CT molecular complexity index is 980. The van der Waals surface area contributed by atoms with E-state index in [1.54, 1.807) is 13.8 Å². The number of amides is 1. The maximum Gasteiger partial charge on any atom is 0.461 e. The van der Waals surface area contributed by atoms with Crippen LogP contribution in [0, 0.1) is 12.8 Å². The maximum absolute atomic E-state index is 13.1. The number of carbonyl (C=O) groups is 2. The van der Waals surface area contributed by atoms with Gasteiger partial charge in [-0.15, -0.1) is 0 Å². The van der Waals surface area contributed by atoms with Crippen molar-refractivity contribution in [1.29, 1.82) is 0 Å². The predicted molar refractivity (Wildman–Crippen MR) is 102 cm³/mol. The van der Waals surface area contributed by atoms with Crippen LogP contribution in [0.15, 0.2) is 30.3 Å². The molecule has 1 unspecified atom stereocenters. The highest BCUT2D eigenvalue weighted by Gasteiger charge is 2.44. The molecule has 10 heteroatoms. The molecule has 1 heterocycles. The van der Waals surface area contributed by atoms with Crippen molar-refractivity contribution in [1.82, 2.24) is 15.3 Å². The molecule has 1 saturated carbocycles. The molecule has 1 fully saturated rings. The quantitative estimate of drug-likeness (QED) is 0.597. The van der Waals surface area contributed by atoms with Crippen molar-refractivity contribution in [2.45, 2.75) is 51.7 Å². The predicted octanol–water partition coefficient (Wildman–Crippen LogP) is 4.03. The van der Waals surface area contributed by atoms with Crippen molar-refractivity contribution in [2.75, 3.05) is 0 Å². The summed E-state index contributed by atoms with van der Waals surface area (Å²) in [6.07, 6.45) is -6.82. The minimum Gasteiger partial charge on any atom is -0.428 e. The average Bonchev–Trinajstić information content (AvgIpc) is 3.52. The zero-order valence-electron chi connectivity index (χ0n) is 16.9. The van der Waals surface area contributed by atoms with Crippen LogP contribution in [0.5, 0.6) is 5.75 Å². The molecular weight excluding hydrogens is 418 g/mol. The number of ether oxygens (including phenoxy) is 1. The summed E-state index contributed by atoms with van der Waals surface area (Å²) in [5.41, 5.74) is 0.955. The Morgan fingerprint density at radius 3 is 2.58 bits per heavy atom. The van der Waals surface area contributed by atoms with Crippen molar-refractivity contribution >= 4 is 11.7 Å². The van der Waals surface area contributed by atoms with E-state index in [0.29, 0.717) is 11.3 Å². The van der Waals surface area contributed by atoms with Gasteiger partial charge in [-0.1, -0.05) is 12.1 Å². The van der Waals surface area contributed by atoms with Crippen molar-refractivity contribution in [2.24, 2.45) is 5.92 Å². The maximum atomic E-state index is 13.1. The summed E-state index contributed by atoms with van der Waals surface area (Å²) in [5, 5.41) is 2.66. The van der Waals surface area contributed by atoms with Gasteiger partial charge in [0.2, 0.25) is 0 Å². The number of nitrogens with zero attached hydrogens (tertiary/aromatic N) is 2. The normalized spacial score (nSPS) is 14.9. The molecule has 0 saturated heterocycles. The number of ketones is 1. The number of alkyl halides is 4. The Morgan fingerprint density at radius 2 is 1.94 bits per heavy atom. The third kappa shape index (κ3) is 5.99. The number of Topliss-reactive ketones (excluding diaryl/α,β-unsaturated/α-hetero) is 1. The van der Waals surface area contributed by atoms with Crippen LogP contribution >= 0.6 is 0 Å². The fourth-order valence-electron chi connectivity index (χ4n) is 2.93. The Balaban J connectivity index is 1.69. The van der Waals surface area contributed by atoms with Crippen LogP contribution in [0.3, 0.4) is 0 Å². The minimum absolute atomic E-state index is 0.0442. The molecule has 1 aliphatic carbocycles. The van der Waals surface area contributed by atoms with Gasteiger partial charge in [-0.2, -0.15) is 17.6 Å². The Morgan fingerprint density at radius 1 is 1.23 bits per heavy atom. The number of rotatable bonds is 9. The van der Waals surface area contributed by atoms with Gasteiger partial charge in [0, 0.05) is 11.6 Å². The van der Waals surface area contributed by atoms with Gasteiger partial charge in [0.25, 0.3) is 5.91 Å². The summed E-state index contributed by atoms with van der Waals surface area (Å²) in [5.74, 6) is -0.652. The molecule has 0 spiro atoms. The largest absolute Gasteiger partial charge is 0.461 e. The van der Waals surface area contributed by atoms with Gasteiger partial charge in [-0.05, 0) is 50.5 Å². The number of hydrogen-bond donors (Lipinski definition) is 1. The minimum atomic E-state index is -4.63. The van der Waals surface area contributed by atoms with Gasteiger partial charge in [-0.25, -0.2) is 9.97 Å². The zero-order valence-corrected chi connectivity index (χ0v) is 16.9. The molecule has 1 atom stereocenters. The van der Waals surface area contributed by atoms with Gasteiger partial charge < -0.3 is 10.1 Å². The second-order valence-electron chi connectivity index (χ2n) is 7.46. The lowest BCUT2D eigenvalue weighted by Gasteiger charge is -2.19. The van der Waals surface area contributed by atoms with Crippen molar-refractivity contribution in [3.8, 4) is 5.75 Å². The van der Waals surface area contributed by atoms with E-state index in [1.807, 2.05) is 0 Å². The second kappa shape index (κ2) is 8.99. The smallest absolute Gasteiger partial charge is 0.428 e. The summed E-state index contributed by atoms with van der Waals surface area (Å²) in [6.45, 7) is 3.27. The molecule has 0 radical (unpaired) electrons. The number of halogens is 4. The van der Waals surface area contributed by atoms with Crippen LogP contribution in [0.2, 0.25) is 0 Å². The highest BCUT2D eigenvalue weighted by atomic mass is 19.3. The van der Waals surface area contributed by atoms with E-state index in [1.165, 1.54) is 18.2 Å². The number of carbonyl (C=O) groups excluding carboxylic acids is 2.